The van der Waals surface area contributed by atoms with Crippen LogP contribution < -0.4 is 14.8 Å². The fourth-order valence-electron chi connectivity index (χ4n) is 2.47. The first kappa shape index (κ1) is 17.5. The minimum atomic E-state index is -0.355. The van der Waals surface area contributed by atoms with Gasteiger partial charge in [-0.15, -0.1) is 0 Å². The molecular weight excluding hydrogens is 336 g/mol. The van der Waals surface area contributed by atoms with Gasteiger partial charge in [-0.1, -0.05) is 6.07 Å². The monoisotopic (exact) mass is 356 g/mol. The molecule has 0 saturated heterocycles. The number of aromatic nitrogens is 2. The molecule has 0 unspecified atom stereocenters. The maximum Gasteiger partial charge on any atom is 0.276 e. The zero-order chi connectivity index (χ0) is 18.8. The van der Waals surface area contributed by atoms with Gasteiger partial charge >= 0.3 is 0 Å². The summed E-state index contributed by atoms with van der Waals surface area (Å²) in [6.45, 7) is 1.99. The number of carbonyl (C=O) groups is 2. The molecule has 2 amide bonds. The second-order valence-corrected chi connectivity index (χ2v) is 6.07. The van der Waals surface area contributed by atoms with Crippen molar-refractivity contribution in [3.8, 4) is 11.5 Å². The van der Waals surface area contributed by atoms with Crippen LogP contribution in [-0.2, 0) is 11.8 Å². The molecule has 1 aliphatic rings. The summed E-state index contributed by atoms with van der Waals surface area (Å²) < 4.78 is 12.1. The molecule has 0 saturated carbocycles. The van der Waals surface area contributed by atoms with E-state index in [1.807, 2.05) is 6.07 Å². The average molecular weight is 356 g/mol. The molecule has 0 bridgehead atoms. The maximum atomic E-state index is 12.3. The SMILES string of the molecule is Cc1c(NC(=O)/C=C/c2ccc3c(c2)OCO3)c(C(=O)N(C)C)nn1C. The molecule has 2 heterocycles. The number of fused-ring (bicyclic) bond motifs is 1. The predicted octanol–water partition coefficient (Wildman–Crippen LogP) is 1.81. The van der Waals surface area contributed by atoms with Crippen LogP contribution in [0.25, 0.3) is 6.08 Å². The number of hydrogen-bond donors (Lipinski definition) is 1. The topological polar surface area (TPSA) is 85.7 Å². The van der Waals surface area contributed by atoms with E-state index >= 15 is 0 Å². The zero-order valence-electron chi connectivity index (χ0n) is 15.1. The second kappa shape index (κ2) is 6.91. The summed E-state index contributed by atoms with van der Waals surface area (Å²) >= 11 is 0. The third kappa shape index (κ3) is 3.39. The molecule has 0 fully saturated rings. The summed E-state index contributed by atoms with van der Waals surface area (Å²) in [6, 6.07) is 5.41. The Kier molecular flexibility index (Phi) is 4.66. The number of anilines is 1. The Morgan fingerprint density at radius 3 is 2.73 bits per heavy atom. The minimum absolute atomic E-state index is 0.200. The number of rotatable bonds is 4. The van der Waals surface area contributed by atoms with Gasteiger partial charge < -0.3 is 19.7 Å². The normalized spacial score (nSPS) is 12.5. The fraction of sp³-hybridized carbons (Fsp3) is 0.278. The van der Waals surface area contributed by atoms with Crippen LogP contribution in [0.5, 0.6) is 11.5 Å². The highest BCUT2D eigenvalue weighted by Crippen LogP contribution is 2.32. The second-order valence-electron chi connectivity index (χ2n) is 6.07. The number of amides is 2. The number of hydrogen-bond acceptors (Lipinski definition) is 5. The molecule has 3 rings (SSSR count). The number of carbonyl (C=O) groups excluding carboxylic acids is 2. The minimum Gasteiger partial charge on any atom is -0.454 e. The van der Waals surface area contributed by atoms with E-state index in [2.05, 4.69) is 10.4 Å². The third-order valence-corrected chi connectivity index (χ3v) is 4.01. The molecular formula is C18H20N4O4. The Bertz CT molecular complexity index is 899. The van der Waals surface area contributed by atoms with Gasteiger partial charge in [0.15, 0.2) is 17.2 Å². The van der Waals surface area contributed by atoms with Crippen molar-refractivity contribution in [2.45, 2.75) is 6.92 Å². The molecule has 2 aromatic rings. The summed E-state index contributed by atoms with van der Waals surface area (Å²) in [7, 11) is 4.99. The number of nitrogens with one attached hydrogen (secondary N) is 1. The lowest BCUT2D eigenvalue weighted by Gasteiger charge is -2.10. The van der Waals surface area contributed by atoms with Crippen LogP contribution in [0.3, 0.4) is 0 Å². The Balaban J connectivity index is 1.77. The lowest BCUT2D eigenvalue weighted by molar-refractivity contribution is -0.111. The fourth-order valence-corrected chi connectivity index (χ4v) is 2.47. The largest absolute Gasteiger partial charge is 0.454 e. The highest BCUT2D eigenvalue weighted by molar-refractivity contribution is 6.07. The van der Waals surface area contributed by atoms with Crippen LogP contribution in [-0.4, -0.2) is 47.4 Å². The Morgan fingerprint density at radius 1 is 1.27 bits per heavy atom. The predicted molar refractivity (Wildman–Crippen MR) is 96.2 cm³/mol. The molecule has 1 aliphatic heterocycles. The van der Waals surface area contributed by atoms with Gasteiger partial charge in [0.2, 0.25) is 12.7 Å². The lowest BCUT2D eigenvalue weighted by atomic mass is 10.2. The van der Waals surface area contributed by atoms with Crippen molar-refractivity contribution in [2.75, 3.05) is 26.2 Å². The number of nitrogens with zero attached hydrogens (tertiary/aromatic N) is 3. The van der Waals surface area contributed by atoms with E-state index in [9.17, 15) is 9.59 Å². The number of aryl methyl sites for hydroxylation is 1. The molecule has 8 nitrogen and oxygen atoms in total. The molecule has 0 atom stereocenters. The maximum absolute atomic E-state index is 12.3. The van der Waals surface area contributed by atoms with Gasteiger partial charge in [0, 0.05) is 27.2 Å². The smallest absolute Gasteiger partial charge is 0.276 e. The lowest BCUT2D eigenvalue weighted by Crippen LogP contribution is -2.24. The molecule has 136 valence electrons. The van der Waals surface area contributed by atoms with Crippen molar-refractivity contribution >= 4 is 23.6 Å². The van der Waals surface area contributed by atoms with E-state index in [0.717, 1.165) is 5.56 Å². The van der Waals surface area contributed by atoms with Crippen molar-refractivity contribution in [1.82, 2.24) is 14.7 Å². The van der Waals surface area contributed by atoms with Gasteiger partial charge in [-0.2, -0.15) is 5.10 Å². The summed E-state index contributed by atoms with van der Waals surface area (Å²) in [5.41, 5.74) is 2.11. The first-order valence-electron chi connectivity index (χ1n) is 8.01. The van der Waals surface area contributed by atoms with Gasteiger partial charge in [0.05, 0.1) is 11.4 Å². The Labute approximate surface area is 151 Å². The molecule has 1 aromatic carbocycles. The van der Waals surface area contributed by atoms with Gasteiger partial charge in [-0.3, -0.25) is 14.3 Å². The molecule has 0 aliphatic carbocycles. The summed E-state index contributed by atoms with van der Waals surface area (Å²) in [6.07, 6.45) is 3.06. The van der Waals surface area contributed by atoms with Gasteiger partial charge in [0.25, 0.3) is 5.91 Å². The molecule has 0 radical (unpaired) electrons. The van der Waals surface area contributed by atoms with E-state index < -0.39 is 0 Å². The van der Waals surface area contributed by atoms with E-state index in [4.69, 9.17) is 9.47 Å². The molecule has 0 spiro atoms. The molecule has 8 heteroatoms. The van der Waals surface area contributed by atoms with E-state index in [1.54, 1.807) is 51.0 Å². The summed E-state index contributed by atoms with van der Waals surface area (Å²) in [4.78, 5) is 26.0. The van der Waals surface area contributed by atoms with Crippen LogP contribution in [0.2, 0.25) is 0 Å². The van der Waals surface area contributed by atoms with Crippen LogP contribution in [0, 0.1) is 6.92 Å². The van der Waals surface area contributed by atoms with E-state index in [0.29, 0.717) is 22.9 Å². The Hall–Kier alpha value is -3.29. The highest BCUT2D eigenvalue weighted by atomic mass is 16.7. The highest BCUT2D eigenvalue weighted by Gasteiger charge is 2.22. The summed E-state index contributed by atoms with van der Waals surface area (Å²) in [5.74, 6) is 0.703. The van der Waals surface area contributed by atoms with E-state index in [-0.39, 0.29) is 24.3 Å². The third-order valence-electron chi connectivity index (χ3n) is 4.01. The van der Waals surface area contributed by atoms with Crippen LogP contribution >= 0.6 is 0 Å². The average Bonchev–Trinajstić information content (AvgIpc) is 3.18. The zero-order valence-corrected chi connectivity index (χ0v) is 15.1. The van der Waals surface area contributed by atoms with Crippen molar-refractivity contribution in [3.63, 3.8) is 0 Å². The van der Waals surface area contributed by atoms with Gasteiger partial charge in [-0.25, -0.2) is 0 Å². The Morgan fingerprint density at radius 2 is 2.00 bits per heavy atom. The first-order valence-corrected chi connectivity index (χ1v) is 8.01. The first-order chi connectivity index (χ1) is 12.4. The van der Waals surface area contributed by atoms with E-state index in [1.165, 1.54) is 11.0 Å². The van der Waals surface area contributed by atoms with Crippen LogP contribution in [0.15, 0.2) is 24.3 Å². The van der Waals surface area contributed by atoms with Gasteiger partial charge in [0.1, 0.15) is 0 Å². The molecule has 26 heavy (non-hydrogen) atoms. The number of benzene rings is 1. The van der Waals surface area contributed by atoms with Crippen molar-refractivity contribution < 1.29 is 19.1 Å². The van der Waals surface area contributed by atoms with Crippen LogP contribution in [0.4, 0.5) is 5.69 Å². The summed E-state index contributed by atoms with van der Waals surface area (Å²) in [5, 5.41) is 6.94. The molecule has 1 N–H and O–H groups in total. The standard InChI is InChI=1S/C18H20N4O4/c1-11-16(17(20-22(11)4)18(24)21(2)3)19-15(23)8-6-12-5-7-13-14(9-12)26-10-25-13/h5-9H,10H2,1-4H3,(H,19,23)/b8-6+. The number of ether oxygens (including phenoxy) is 2. The van der Waals surface area contributed by atoms with Crippen molar-refractivity contribution in [1.29, 1.82) is 0 Å². The van der Waals surface area contributed by atoms with Crippen molar-refractivity contribution in [3.05, 3.63) is 41.2 Å². The quantitative estimate of drug-likeness (QED) is 0.845. The van der Waals surface area contributed by atoms with Gasteiger partial charge in [-0.05, 0) is 30.7 Å². The van der Waals surface area contributed by atoms with Crippen molar-refractivity contribution in [2.24, 2.45) is 7.05 Å². The molecule has 1 aromatic heterocycles. The van der Waals surface area contributed by atoms with Crippen LogP contribution in [0.1, 0.15) is 21.7 Å².